The smallest absolute Gasteiger partial charge is 0.0716 e. The van der Waals surface area contributed by atoms with Crippen molar-refractivity contribution < 1.29 is 25.2 Å². The predicted octanol–water partition coefficient (Wildman–Crippen LogP) is 0.749. The molecule has 0 aromatic heterocycles. The Morgan fingerprint density at radius 3 is 2.00 bits per heavy atom. The van der Waals surface area contributed by atoms with Crippen LogP contribution in [0.5, 0.6) is 0 Å². The molecule has 0 aromatic rings. The molecule has 2 nitrogen and oxygen atoms in total. The molecule has 6 heavy (non-hydrogen) atoms. The van der Waals surface area contributed by atoms with Crippen LogP contribution < -0.4 is 0 Å². The second kappa shape index (κ2) is 4.87. The molecule has 0 bridgehead atoms. The number of rotatable bonds is 1. The Kier molecular flexibility index (Phi) is 7.55. The van der Waals surface area contributed by atoms with Crippen LogP contribution >= 0.6 is 0 Å². The standard InChI is InChI=1S/C3H5NO.Re/c1-2-3(4)5;/h2H,1H2,(H2,4,5);/p-1. The number of amides is 1. The Balaban J connectivity index is 0. The van der Waals surface area contributed by atoms with Crippen LogP contribution in [0.1, 0.15) is 0 Å². The Labute approximate surface area is 50.1 Å². The molecule has 0 heterocycles. The van der Waals surface area contributed by atoms with E-state index in [9.17, 15) is 4.79 Å². The van der Waals surface area contributed by atoms with Gasteiger partial charge in [0.1, 0.15) is 0 Å². The van der Waals surface area contributed by atoms with Crippen LogP contribution in [0.25, 0.3) is 5.73 Å². The molecule has 0 atom stereocenters. The molecule has 0 aliphatic heterocycles. The van der Waals surface area contributed by atoms with Gasteiger partial charge in [0.25, 0.3) is 0 Å². The number of hydrogen-bond donors (Lipinski definition) is 0. The predicted molar refractivity (Wildman–Crippen MR) is 19.5 cm³/mol. The van der Waals surface area contributed by atoms with Gasteiger partial charge < -0.3 is 10.5 Å². The average molecular weight is 256 g/mol. The van der Waals surface area contributed by atoms with Crippen molar-refractivity contribution in [2.45, 2.75) is 0 Å². The van der Waals surface area contributed by atoms with E-state index in [1.54, 1.807) is 0 Å². The normalized spacial score (nSPS) is 5.33. The molecule has 0 aromatic carbocycles. The van der Waals surface area contributed by atoms with Gasteiger partial charge >= 0.3 is 0 Å². The van der Waals surface area contributed by atoms with E-state index in [1.807, 2.05) is 0 Å². The monoisotopic (exact) mass is 257 g/mol. The van der Waals surface area contributed by atoms with Crippen molar-refractivity contribution in [2.75, 3.05) is 0 Å². The summed E-state index contributed by atoms with van der Waals surface area (Å²) in [5.74, 6) is -0.731. The topological polar surface area (TPSA) is 40.9 Å². The summed E-state index contributed by atoms with van der Waals surface area (Å²) in [4.78, 5) is 9.36. The van der Waals surface area contributed by atoms with Crippen molar-refractivity contribution in [1.82, 2.24) is 0 Å². The molecular formula is C3H4NORe-. The van der Waals surface area contributed by atoms with Crippen molar-refractivity contribution in [3.8, 4) is 0 Å². The largest absolute Gasteiger partial charge is 0.664 e. The van der Waals surface area contributed by atoms with E-state index >= 15 is 0 Å². The van der Waals surface area contributed by atoms with Crippen LogP contribution in [0, 0.1) is 0 Å². The van der Waals surface area contributed by atoms with E-state index in [2.05, 4.69) is 6.58 Å². The van der Waals surface area contributed by atoms with Crippen LogP contribution in [-0.2, 0) is 25.2 Å². The van der Waals surface area contributed by atoms with Crippen molar-refractivity contribution in [3.63, 3.8) is 0 Å². The molecule has 0 spiro atoms. The van der Waals surface area contributed by atoms with E-state index < -0.39 is 5.91 Å². The van der Waals surface area contributed by atoms with E-state index in [-0.39, 0.29) is 20.4 Å². The summed E-state index contributed by atoms with van der Waals surface area (Å²) in [6.07, 6.45) is 0.944. The molecule has 0 unspecified atom stereocenters. The van der Waals surface area contributed by atoms with Crippen LogP contribution in [0.15, 0.2) is 12.7 Å². The number of nitrogens with one attached hydrogen (secondary N) is 1. The minimum atomic E-state index is -0.731. The van der Waals surface area contributed by atoms with Gasteiger partial charge in [0, 0.05) is 20.4 Å². The molecule has 3 heteroatoms. The maximum Gasteiger partial charge on any atom is 0.0716 e. The third kappa shape index (κ3) is 9.11. The fourth-order valence-electron chi connectivity index (χ4n) is 0. The molecule has 0 fully saturated rings. The van der Waals surface area contributed by atoms with Gasteiger partial charge in [-0.2, -0.15) is 0 Å². The third-order valence-electron chi connectivity index (χ3n) is 0.185. The van der Waals surface area contributed by atoms with Gasteiger partial charge in [0.15, 0.2) is 0 Å². The quantitative estimate of drug-likeness (QED) is 0.638. The summed E-state index contributed by atoms with van der Waals surface area (Å²) in [6, 6.07) is 0. The van der Waals surface area contributed by atoms with E-state index in [1.165, 1.54) is 0 Å². The molecule has 0 aliphatic carbocycles. The maximum absolute atomic E-state index is 9.36. The SMILES string of the molecule is C=CC([NH-])=O.[Re]. The molecule has 0 saturated carbocycles. The summed E-state index contributed by atoms with van der Waals surface area (Å²) in [5.41, 5.74) is 6.07. The van der Waals surface area contributed by atoms with E-state index in [0.29, 0.717) is 0 Å². The van der Waals surface area contributed by atoms with Crippen LogP contribution in [0.4, 0.5) is 0 Å². The molecule has 1 radical (unpaired) electrons. The zero-order valence-corrected chi connectivity index (χ0v) is 5.79. The second-order valence-electron chi connectivity index (χ2n) is 0.568. The molecule has 35 valence electrons. The van der Waals surface area contributed by atoms with Crippen molar-refractivity contribution in [3.05, 3.63) is 18.4 Å². The van der Waals surface area contributed by atoms with Crippen LogP contribution in [0.3, 0.4) is 0 Å². The van der Waals surface area contributed by atoms with Crippen LogP contribution in [-0.4, -0.2) is 5.91 Å². The Morgan fingerprint density at radius 1 is 1.83 bits per heavy atom. The molecular weight excluding hydrogens is 252 g/mol. The van der Waals surface area contributed by atoms with Crippen molar-refractivity contribution in [1.29, 1.82) is 0 Å². The Morgan fingerprint density at radius 2 is 2.00 bits per heavy atom. The van der Waals surface area contributed by atoms with Gasteiger partial charge in [-0.3, -0.25) is 0 Å². The average Bonchev–Trinajstić information content (AvgIpc) is 1.38. The molecule has 1 N–H and O–H groups in total. The third-order valence-corrected chi connectivity index (χ3v) is 0.185. The number of hydrogen-bond acceptors (Lipinski definition) is 1. The summed E-state index contributed by atoms with van der Waals surface area (Å²) in [5, 5.41) is 0. The zero-order chi connectivity index (χ0) is 4.28. The second-order valence-corrected chi connectivity index (χ2v) is 0.568. The van der Waals surface area contributed by atoms with Gasteiger partial charge in [0.05, 0.1) is 5.91 Å². The molecule has 0 saturated heterocycles. The Hall–Kier alpha value is -0.128. The fraction of sp³-hybridized carbons (Fsp3) is 0. The number of carbonyl (C=O) groups excluding carboxylic acids is 1. The van der Waals surface area contributed by atoms with E-state index in [0.717, 1.165) is 6.08 Å². The summed E-state index contributed by atoms with van der Waals surface area (Å²) in [6.45, 7) is 3.02. The first-order valence-electron chi connectivity index (χ1n) is 1.15. The molecule has 0 rings (SSSR count). The summed E-state index contributed by atoms with van der Waals surface area (Å²) in [7, 11) is 0. The summed E-state index contributed by atoms with van der Waals surface area (Å²) >= 11 is 0. The summed E-state index contributed by atoms with van der Waals surface area (Å²) < 4.78 is 0. The van der Waals surface area contributed by atoms with Gasteiger partial charge in [0.2, 0.25) is 0 Å². The molecule has 0 aliphatic rings. The first kappa shape index (κ1) is 9.30. The maximum atomic E-state index is 9.36. The minimum absolute atomic E-state index is 0. The van der Waals surface area contributed by atoms with Gasteiger partial charge in [-0.05, 0) is 6.08 Å². The Bertz CT molecular complexity index is 61.8. The van der Waals surface area contributed by atoms with Crippen molar-refractivity contribution >= 4 is 5.91 Å². The van der Waals surface area contributed by atoms with Gasteiger partial charge in [-0.15, -0.1) is 0 Å². The first-order chi connectivity index (χ1) is 2.27. The minimum Gasteiger partial charge on any atom is -0.664 e. The van der Waals surface area contributed by atoms with E-state index in [4.69, 9.17) is 5.73 Å². The molecule has 1 amide bonds. The van der Waals surface area contributed by atoms with Crippen LogP contribution in [0.2, 0.25) is 0 Å². The number of carbonyl (C=O) groups is 1. The van der Waals surface area contributed by atoms with Gasteiger partial charge in [-0.25, -0.2) is 0 Å². The fourth-order valence-corrected chi connectivity index (χ4v) is 0. The first-order valence-corrected chi connectivity index (χ1v) is 1.15. The van der Waals surface area contributed by atoms with Gasteiger partial charge in [-0.1, -0.05) is 6.58 Å². The van der Waals surface area contributed by atoms with Crippen molar-refractivity contribution in [2.24, 2.45) is 0 Å². The zero-order valence-electron chi connectivity index (χ0n) is 3.07.